The molecule has 19 heavy (non-hydrogen) atoms. The SMILES string of the molecule is CCNC(Cc1ccc(CC)cn1)c1snnc1C. The van der Waals surface area contributed by atoms with E-state index in [9.17, 15) is 0 Å². The fourth-order valence-corrected chi connectivity index (χ4v) is 2.77. The van der Waals surface area contributed by atoms with Crippen molar-refractivity contribution in [3.05, 3.63) is 40.2 Å². The maximum atomic E-state index is 4.53. The first-order chi connectivity index (χ1) is 9.24. The van der Waals surface area contributed by atoms with Crippen molar-refractivity contribution in [1.29, 1.82) is 0 Å². The maximum Gasteiger partial charge on any atom is 0.0772 e. The largest absolute Gasteiger partial charge is 0.309 e. The van der Waals surface area contributed by atoms with Gasteiger partial charge in [-0.3, -0.25) is 4.98 Å². The second kappa shape index (κ2) is 6.73. The van der Waals surface area contributed by atoms with Crippen molar-refractivity contribution in [3.63, 3.8) is 0 Å². The van der Waals surface area contributed by atoms with Gasteiger partial charge in [0.05, 0.1) is 16.6 Å². The Labute approximate surface area is 118 Å². The minimum Gasteiger partial charge on any atom is -0.309 e. The lowest BCUT2D eigenvalue weighted by atomic mass is 10.1. The molecule has 0 amide bonds. The summed E-state index contributed by atoms with van der Waals surface area (Å²) in [5.41, 5.74) is 3.40. The van der Waals surface area contributed by atoms with Crippen LogP contribution in [0.5, 0.6) is 0 Å². The molecule has 0 fully saturated rings. The van der Waals surface area contributed by atoms with Gasteiger partial charge in [0.2, 0.25) is 0 Å². The predicted octanol–water partition coefficient (Wildman–Crippen LogP) is 2.70. The lowest BCUT2D eigenvalue weighted by Crippen LogP contribution is -2.23. The molecule has 1 atom stereocenters. The molecule has 1 N–H and O–H groups in total. The molecule has 0 bridgehead atoms. The summed E-state index contributed by atoms with van der Waals surface area (Å²) in [6.07, 6.45) is 3.88. The fraction of sp³-hybridized carbons (Fsp3) is 0.500. The minimum absolute atomic E-state index is 0.255. The predicted molar refractivity (Wildman–Crippen MR) is 78.4 cm³/mol. The summed E-state index contributed by atoms with van der Waals surface area (Å²) < 4.78 is 4.03. The molecule has 0 radical (unpaired) electrons. The van der Waals surface area contributed by atoms with Gasteiger partial charge in [-0.15, -0.1) is 5.10 Å². The van der Waals surface area contributed by atoms with Gasteiger partial charge < -0.3 is 5.32 Å². The number of nitrogens with zero attached hydrogens (tertiary/aromatic N) is 3. The highest BCUT2D eigenvalue weighted by Gasteiger charge is 2.17. The first-order valence-electron chi connectivity index (χ1n) is 6.70. The average Bonchev–Trinajstić information content (AvgIpc) is 2.85. The van der Waals surface area contributed by atoms with Crippen LogP contribution in [0.15, 0.2) is 18.3 Å². The quantitative estimate of drug-likeness (QED) is 0.881. The molecule has 5 heteroatoms. The van der Waals surface area contributed by atoms with Crippen LogP contribution in [0.2, 0.25) is 0 Å². The van der Waals surface area contributed by atoms with Crippen molar-refractivity contribution in [2.24, 2.45) is 0 Å². The number of pyridine rings is 1. The molecule has 0 spiro atoms. The summed E-state index contributed by atoms with van der Waals surface area (Å²) in [7, 11) is 0. The number of nitrogens with one attached hydrogen (secondary N) is 1. The fourth-order valence-electron chi connectivity index (χ4n) is 2.05. The van der Waals surface area contributed by atoms with Gasteiger partial charge in [0.15, 0.2) is 0 Å². The van der Waals surface area contributed by atoms with E-state index in [0.29, 0.717) is 0 Å². The topological polar surface area (TPSA) is 50.7 Å². The molecule has 0 saturated heterocycles. The van der Waals surface area contributed by atoms with Crippen LogP contribution < -0.4 is 5.32 Å². The molecule has 4 nitrogen and oxygen atoms in total. The highest BCUT2D eigenvalue weighted by molar-refractivity contribution is 7.05. The third kappa shape index (κ3) is 3.58. The van der Waals surface area contributed by atoms with Crippen LogP contribution in [0.25, 0.3) is 0 Å². The third-order valence-electron chi connectivity index (χ3n) is 3.16. The van der Waals surface area contributed by atoms with Crippen molar-refractivity contribution < 1.29 is 0 Å². The van der Waals surface area contributed by atoms with E-state index in [0.717, 1.165) is 30.8 Å². The zero-order valence-electron chi connectivity index (χ0n) is 11.7. The van der Waals surface area contributed by atoms with Crippen molar-refractivity contribution in [1.82, 2.24) is 19.9 Å². The molecule has 1 unspecified atom stereocenters. The number of hydrogen-bond acceptors (Lipinski definition) is 5. The molecule has 2 rings (SSSR count). The van der Waals surface area contributed by atoms with Crippen LogP contribution in [0.1, 0.15) is 41.7 Å². The van der Waals surface area contributed by atoms with Gasteiger partial charge in [0, 0.05) is 18.3 Å². The highest BCUT2D eigenvalue weighted by Crippen LogP contribution is 2.23. The van der Waals surface area contributed by atoms with E-state index in [2.05, 4.69) is 45.9 Å². The van der Waals surface area contributed by atoms with E-state index in [1.165, 1.54) is 22.0 Å². The van der Waals surface area contributed by atoms with Gasteiger partial charge in [-0.1, -0.05) is 24.4 Å². The van der Waals surface area contributed by atoms with E-state index >= 15 is 0 Å². The Bertz CT molecular complexity index is 506. The molecule has 0 aromatic carbocycles. The molecule has 0 aliphatic rings. The summed E-state index contributed by atoms with van der Waals surface area (Å²) in [5.74, 6) is 0. The number of hydrogen-bond donors (Lipinski definition) is 1. The van der Waals surface area contributed by atoms with E-state index in [1.807, 2.05) is 13.1 Å². The minimum atomic E-state index is 0.255. The summed E-state index contributed by atoms with van der Waals surface area (Å²) in [5, 5.41) is 7.59. The second-order valence-electron chi connectivity index (χ2n) is 4.55. The lowest BCUT2D eigenvalue weighted by Gasteiger charge is -2.16. The third-order valence-corrected chi connectivity index (χ3v) is 4.10. The molecular formula is C14H20N4S. The Kier molecular flexibility index (Phi) is 4.99. The number of aromatic nitrogens is 3. The first-order valence-corrected chi connectivity index (χ1v) is 7.48. The van der Waals surface area contributed by atoms with Crippen LogP contribution in [-0.2, 0) is 12.8 Å². The standard InChI is InChI=1S/C14H20N4S/c1-4-11-6-7-12(16-9-11)8-13(15-5-2)14-10(3)17-18-19-14/h6-7,9,13,15H,4-5,8H2,1-3H3. The molecule has 2 heterocycles. The Morgan fingerprint density at radius 1 is 1.32 bits per heavy atom. The van der Waals surface area contributed by atoms with Crippen LogP contribution in [0, 0.1) is 6.92 Å². The number of likely N-dealkylation sites (N-methyl/N-ethyl adjacent to an activating group) is 1. The van der Waals surface area contributed by atoms with Gasteiger partial charge in [0.25, 0.3) is 0 Å². The van der Waals surface area contributed by atoms with Crippen LogP contribution in [-0.4, -0.2) is 21.1 Å². The van der Waals surface area contributed by atoms with Gasteiger partial charge in [0.1, 0.15) is 0 Å². The zero-order valence-corrected chi connectivity index (χ0v) is 12.5. The van der Waals surface area contributed by atoms with Gasteiger partial charge in [-0.05, 0) is 43.1 Å². The smallest absolute Gasteiger partial charge is 0.0772 e. The van der Waals surface area contributed by atoms with Crippen molar-refractivity contribution in [2.75, 3.05) is 6.54 Å². The Morgan fingerprint density at radius 2 is 2.16 bits per heavy atom. The first kappa shape index (κ1) is 14.1. The Balaban J connectivity index is 2.14. The summed E-state index contributed by atoms with van der Waals surface area (Å²) in [6.45, 7) is 7.20. The van der Waals surface area contributed by atoms with Crippen molar-refractivity contribution in [3.8, 4) is 0 Å². The molecular weight excluding hydrogens is 256 g/mol. The van der Waals surface area contributed by atoms with E-state index < -0.39 is 0 Å². The molecule has 102 valence electrons. The monoisotopic (exact) mass is 276 g/mol. The zero-order chi connectivity index (χ0) is 13.7. The molecule has 0 aliphatic heterocycles. The number of rotatable bonds is 6. The second-order valence-corrected chi connectivity index (χ2v) is 5.33. The van der Waals surface area contributed by atoms with Crippen molar-refractivity contribution >= 4 is 11.5 Å². The molecule has 2 aromatic heterocycles. The van der Waals surface area contributed by atoms with Gasteiger partial charge in [-0.2, -0.15) is 0 Å². The summed E-state index contributed by atoms with van der Waals surface area (Å²) in [6, 6.07) is 4.53. The van der Waals surface area contributed by atoms with Gasteiger partial charge in [-0.25, -0.2) is 0 Å². The van der Waals surface area contributed by atoms with E-state index in [4.69, 9.17) is 0 Å². The maximum absolute atomic E-state index is 4.53. The number of aryl methyl sites for hydroxylation is 2. The van der Waals surface area contributed by atoms with Crippen molar-refractivity contribution in [2.45, 2.75) is 39.7 Å². The van der Waals surface area contributed by atoms with Crippen LogP contribution in [0.3, 0.4) is 0 Å². The van der Waals surface area contributed by atoms with Gasteiger partial charge >= 0.3 is 0 Å². The Hall–Kier alpha value is -1.33. The molecule has 0 aliphatic carbocycles. The molecule has 0 saturated carbocycles. The van der Waals surface area contributed by atoms with Crippen LogP contribution >= 0.6 is 11.5 Å². The highest BCUT2D eigenvalue weighted by atomic mass is 32.1. The summed E-state index contributed by atoms with van der Waals surface area (Å²) >= 11 is 1.47. The average molecular weight is 276 g/mol. The van der Waals surface area contributed by atoms with E-state index in [1.54, 1.807) is 0 Å². The summed E-state index contributed by atoms with van der Waals surface area (Å²) in [4.78, 5) is 5.75. The Morgan fingerprint density at radius 3 is 2.68 bits per heavy atom. The van der Waals surface area contributed by atoms with Crippen LogP contribution in [0.4, 0.5) is 0 Å². The lowest BCUT2D eigenvalue weighted by molar-refractivity contribution is 0.549. The van der Waals surface area contributed by atoms with E-state index in [-0.39, 0.29) is 6.04 Å². The molecule has 2 aromatic rings. The normalized spacial score (nSPS) is 12.6.